The number of anilines is 1. The molecule has 0 saturated carbocycles. The maximum Gasteiger partial charge on any atom is 0.313 e. The average Bonchev–Trinajstić information content (AvgIpc) is 3.02. The van der Waals surface area contributed by atoms with E-state index in [0.29, 0.717) is 18.7 Å². The second-order valence-electron chi connectivity index (χ2n) is 6.59. The van der Waals surface area contributed by atoms with Crippen LogP contribution in [0.3, 0.4) is 0 Å². The first-order valence-electron chi connectivity index (χ1n) is 8.67. The van der Waals surface area contributed by atoms with Crippen molar-refractivity contribution in [2.45, 2.75) is 27.2 Å². The van der Waals surface area contributed by atoms with Crippen molar-refractivity contribution in [1.82, 2.24) is 10.3 Å². The van der Waals surface area contributed by atoms with E-state index in [1.807, 2.05) is 50.4 Å². The van der Waals surface area contributed by atoms with Gasteiger partial charge in [0.2, 0.25) is 0 Å². The molecule has 3 rings (SSSR count). The van der Waals surface area contributed by atoms with Gasteiger partial charge in [-0.3, -0.25) is 9.59 Å². The molecule has 0 fully saturated rings. The summed E-state index contributed by atoms with van der Waals surface area (Å²) in [5, 5.41) is 6.54. The molecule has 0 aliphatic rings. The first-order chi connectivity index (χ1) is 12.5. The van der Waals surface area contributed by atoms with E-state index in [-0.39, 0.29) is 0 Å². The topological polar surface area (TPSA) is 74.0 Å². The number of hydrogen-bond donors (Lipinski definition) is 3. The van der Waals surface area contributed by atoms with Gasteiger partial charge >= 0.3 is 11.8 Å². The Morgan fingerprint density at radius 2 is 1.81 bits per heavy atom. The Balaban J connectivity index is 1.57. The molecule has 0 spiro atoms. The lowest BCUT2D eigenvalue weighted by atomic mass is 10.1. The van der Waals surface area contributed by atoms with Crippen LogP contribution in [-0.2, 0) is 16.0 Å². The van der Waals surface area contributed by atoms with Gasteiger partial charge in [0.1, 0.15) is 0 Å². The average molecular weight is 349 g/mol. The van der Waals surface area contributed by atoms with Crippen molar-refractivity contribution >= 4 is 28.4 Å². The van der Waals surface area contributed by atoms with Crippen LogP contribution in [-0.4, -0.2) is 23.3 Å². The van der Waals surface area contributed by atoms with Crippen LogP contribution in [0.25, 0.3) is 10.9 Å². The van der Waals surface area contributed by atoms with Gasteiger partial charge in [-0.15, -0.1) is 0 Å². The fraction of sp³-hybridized carbons (Fsp3) is 0.238. The van der Waals surface area contributed by atoms with E-state index in [1.54, 1.807) is 0 Å². The summed E-state index contributed by atoms with van der Waals surface area (Å²) in [6, 6.07) is 11.8. The number of fused-ring (bicyclic) bond motifs is 1. The van der Waals surface area contributed by atoms with Crippen molar-refractivity contribution in [2.75, 3.05) is 11.9 Å². The summed E-state index contributed by atoms with van der Waals surface area (Å²) >= 11 is 0. The molecule has 2 aromatic carbocycles. The van der Waals surface area contributed by atoms with Crippen LogP contribution < -0.4 is 10.6 Å². The van der Waals surface area contributed by atoms with Crippen molar-refractivity contribution < 1.29 is 9.59 Å². The van der Waals surface area contributed by atoms with E-state index < -0.39 is 11.8 Å². The lowest BCUT2D eigenvalue weighted by molar-refractivity contribution is -0.136. The van der Waals surface area contributed by atoms with Crippen molar-refractivity contribution in [3.05, 3.63) is 64.8 Å². The zero-order valence-electron chi connectivity index (χ0n) is 15.3. The SMILES string of the molecule is Cc1ccc(NC(=O)C(=O)NCCc2c[nH]c3cccc(C)c23)c(C)c1. The number of carbonyl (C=O) groups is 2. The van der Waals surface area contributed by atoms with Gasteiger partial charge in [-0.2, -0.15) is 0 Å². The van der Waals surface area contributed by atoms with Gasteiger partial charge in [0.25, 0.3) is 0 Å². The fourth-order valence-electron chi connectivity index (χ4n) is 3.17. The Kier molecular flexibility index (Phi) is 5.07. The molecule has 0 bridgehead atoms. The summed E-state index contributed by atoms with van der Waals surface area (Å²) in [7, 11) is 0. The van der Waals surface area contributed by atoms with Gasteiger partial charge in [-0.1, -0.05) is 29.8 Å². The predicted octanol–water partition coefficient (Wildman–Crippen LogP) is 3.39. The molecule has 2 amide bonds. The molecule has 0 unspecified atom stereocenters. The Bertz CT molecular complexity index is 973. The molecule has 5 nitrogen and oxygen atoms in total. The minimum Gasteiger partial charge on any atom is -0.361 e. The number of nitrogens with one attached hydrogen (secondary N) is 3. The van der Waals surface area contributed by atoms with Crippen LogP contribution in [0, 0.1) is 20.8 Å². The minimum atomic E-state index is -0.646. The summed E-state index contributed by atoms with van der Waals surface area (Å²) in [6.45, 7) is 6.35. The Morgan fingerprint density at radius 3 is 2.58 bits per heavy atom. The van der Waals surface area contributed by atoms with Gasteiger partial charge in [-0.05, 0) is 56.0 Å². The summed E-state index contributed by atoms with van der Waals surface area (Å²) < 4.78 is 0. The highest BCUT2D eigenvalue weighted by Crippen LogP contribution is 2.22. The maximum atomic E-state index is 12.1. The Morgan fingerprint density at radius 1 is 1.00 bits per heavy atom. The molecule has 134 valence electrons. The zero-order valence-corrected chi connectivity index (χ0v) is 15.3. The molecule has 0 atom stereocenters. The van der Waals surface area contributed by atoms with Crippen molar-refractivity contribution in [2.24, 2.45) is 0 Å². The lowest BCUT2D eigenvalue weighted by Crippen LogP contribution is -2.36. The van der Waals surface area contributed by atoms with Gasteiger partial charge in [-0.25, -0.2) is 0 Å². The van der Waals surface area contributed by atoms with Gasteiger partial charge < -0.3 is 15.6 Å². The molecular formula is C21H23N3O2. The van der Waals surface area contributed by atoms with Gasteiger partial charge in [0, 0.05) is 29.3 Å². The van der Waals surface area contributed by atoms with Crippen LogP contribution in [0.2, 0.25) is 0 Å². The van der Waals surface area contributed by atoms with E-state index in [1.165, 1.54) is 10.9 Å². The first-order valence-corrected chi connectivity index (χ1v) is 8.67. The highest BCUT2D eigenvalue weighted by molar-refractivity contribution is 6.39. The number of carbonyl (C=O) groups excluding carboxylic acids is 2. The molecule has 3 N–H and O–H groups in total. The highest BCUT2D eigenvalue weighted by Gasteiger charge is 2.14. The van der Waals surface area contributed by atoms with Crippen molar-refractivity contribution in [3.63, 3.8) is 0 Å². The van der Waals surface area contributed by atoms with Crippen LogP contribution in [0.15, 0.2) is 42.6 Å². The second-order valence-corrected chi connectivity index (χ2v) is 6.59. The number of aromatic nitrogens is 1. The summed E-state index contributed by atoms with van der Waals surface area (Å²) in [5.41, 5.74) is 6.10. The van der Waals surface area contributed by atoms with Crippen molar-refractivity contribution in [1.29, 1.82) is 0 Å². The Hall–Kier alpha value is -3.08. The summed E-state index contributed by atoms with van der Waals surface area (Å²) in [5.74, 6) is -1.27. The quantitative estimate of drug-likeness (QED) is 0.632. The van der Waals surface area contributed by atoms with E-state index in [4.69, 9.17) is 0 Å². The molecule has 0 aliphatic carbocycles. The van der Waals surface area contributed by atoms with E-state index >= 15 is 0 Å². The fourth-order valence-corrected chi connectivity index (χ4v) is 3.17. The third-order valence-electron chi connectivity index (χ3n) is 4.51. The third kappa shape index (κ3) is 3.77. The smallest absolute Gasteiger partial charge is 0.313 e. The number of aryl methyl sites for hydroxylation is 3. The molecule has 0 aliphatic heterocycles. The standard InChI is InChI=1S/C21H23N3O2/c1-13-7-8-17(15(3)11-13)24-21(26)20(25)22-10-9-16-12-23-18-6-4-5-14(2)19(16)18/h4-8,11-12,23H,9-10H2,1-3H3,(H,22,25)(H,24,26). The minimum absolute atomic E-state index is 0.403. The second kappa shape index (κ2) is 7.44. The molecule has 0 saturated heterocycles. The van der Waals surface area contributed by atoms with Crippen molar-refractivity contribution in [3.8, 4) is 0 Å². The number of hydrogen-bond acceptors (Lipinski definition) is 2. The molecule has 1 heterocycles. The van der Waals surface area contributed by atoms with Crippen LogP contribution in [0.5, 0.6) is 0 Å². The number of amides is 2. The summed E-state index contributed by atoms with van der Waals surface area (Å²) in [6.07, 6.45) is 2.62. The van der Waals surface area contributed by atoms with Gasteiger partial charge in [0.15, 0.2) is 0 Å². The summed E-state index contributed by atoms with van der Waals surface area (Å²) in [4.78, 5) is 27.4. The first kappa shape index (κ1) is 17.7. The monoisotopic (exact) mass is 349 g/mol. The lowest BCUT2D eigenvalue weighted by Gasteiger charge is -2.09. The van der Waals surface area contributed by atoms with E-state index in [0.717, 1.165) is 22.2 Å². The van der Waals surface area contributed by atoms with Crippen LogP contribution in [0.1, 0.15) is 22.3 Å². The molecule has 3 aromatic rings. The Labute approximate surface area is 152 Å². The molecule has 5 heteroatoms. The molecular weight excluding hydrogens is 326 g/mol. The maximum absolute atomic E-state index is 12.1. The molecule has 26 heavy (non-hydrogen) atoms. The zero-order chi connectivity index (χ0) is 18.7. The third-order valence-corrected chi connectivity index (χ3v) is 4.51. The predicted molar refractivity (Wildman–Crippen MR) is 104 cm³/mol. The number of H-pyrrole nitrogens is 1. The molecule has 0 radical (unpaired) electrons. The number of benzene rings is 2. The largest absolute Gasteiger partial charge is 0.361 e. The number of rotatable bonds is 4. The molecule has 1 aromatic heterocycles. The van der Waals surface area contributed by atoms with Gasteiger partial charge in [0.05, 0.1) is 0 Å². The number of aromatic amines is 1. The van der Waals surface area contributed by atoms with E-state index in [2.05, 4.69) is 28.6 Å². The van der Waals surface area contributed by atoms with E-state index in [9.17, 15) is 9.59 Å². The normalized spacial score (nSPS) is 10.7. The van der Waals surface area contributed by atoms with Crippen LogP contribution in [0.4, 0.5) is 5.69 Å². The van der Waals surface area contributed by atoms with Crippen LogP contribution >= 0.6 is 0 Å². The highest BCUT2D eigenvalue weighted by atomic mass is 16.2.